The van der Waals surface area contributed by atoms with Crippen LogP contribution in [0, 0.1) is 11.6 Å². The Morgan fingerprint density at radius 2 is 2.00 bits per heavy atom. The Balaban J connectivity index is 2.06. The molecule has 0 heterocycles. The molecule has 6 heteroatoms. The topological polar surface area (TPSA) is 38.3 Å². The Kier molecular flexibility index (Phi) is 5.33. The first-order valence-electron chi connectivity index (χ1n) is 6.67. The fraction of sp³-hybridized carbons (Fsp3) is 0.188. The molecule has 1 unspecified atom stereocenters. The van der Waals surface area contributed by atoms with Crippen molar-refractivity contribution in [1.29, 1.82) is 0 Å². The summed E-state index contributed by atoms with van der Waals surface area (Å²) in [5.41, 5.74) is 0.164. The second-order valence-electron chi connectivity index (χ2n) is 4.59. The van der Waals surface area contributed by atoms with Crippen molar-refractivity contribution in [3.05, 3.63) is 59.1 Å². The van der Waals surface area contributed by atoms with E-state index in [1.54, 1.807) is 31.2 Å². The molecule has 0 bridgehead atoms. The van der Waals surface area contributed by atoms with Crippen LogP contribution in [0.2, 0.25) is 5.02 Å². The Labute approximate surface area is 131 Å². The molecule has 0 aliphatic carbocycles. The molecule has 0 aromatic heterocycles. The Morgan fingerprint density at radius 1 is 1.23 bits per heavy atom. The highest BCUT2D eigenvalue weighted by Gasteiger charge is 2.19. The zero-order valence-electron chi connectivity index (χ0n) is 11.8. The van der Waals surface area contributed by atoms with E-state index < -0.39 is 23.6 Å². The highest BCUT2D eigenvalue weighted by Crippen LogP contribution is 2.20. The quantitative estimate of drug-likeness (QED) is 0.884. The lowest BCUT2D eigenvalue weighted by molar-refractivity contribution is -0.122. The van der Waals surface area contributed by atoms with Gasteiger partial charge in [0.1, 0.15) is 5.75 Å². The standard InChI is InChI=1S/C16H14ClF2NO2/c1-2-15(22-12-5-3-4-10(17)8-12)16(21)20-11-6-7-13(18)14(19)9-11/h3-9,15H,2H2,1H3,(H,20,21). The Hall–Kier alpha value is -2.14. The summed E-state index contributed by atoms with van der Waals surface area (Å²) in [4.78, 5) is 12.1. The van der Waals surface area contributed by atoms with Gasteiger partial charge in [-0.05, 0) is 36.8 Å². The van der Waals surface area contributed by atoms with E-state index in [1.807, 2.05) is 0 Å². The summed E-state index contributed by atoms with van der Waals surface area (Å²) < 4.78 is 31.6. The lowest BCUT2D eigenvalue weighted by Gasteiger charge is -2.17. The monoisotopic (exact) mass is 325 g/mol. The number of carbonyl (C=O) groups is 1. The molecule has 0 saturated carbocycles. The zero-order valence-corrected chi connectivity index (χ0v) is 12.5. The molecule has 0 radical (unpaired) electrons. The largest absolute Gasteiger partial charge is 0.481 e. The number of carbonyl (C=O) groups excluding carboxylic acids is 1. The van der Waals surface area contributed by atoms with Crippen LogP contribution in [0.1, 0.15) is 13.3 Å². The number of rotatable bonds is 5. The van der Waals surface area contributed by atoms with Crippen molar-refractivity contribution in [3.63, 3.8) is 0 Å². The van der Waals surface area contributed by atoms with Gasteiger partial charge in [0.2, 0.25) is 0 Å². The molecule has 0 aliphatic heterocycles. The third kappa shape index (κ3) is 4.18. The SMILES string of the molecule is CCC(Oc1cccc(Cl)c1)C(=O)Nc1ccc(F)c(F)c1. The van der Waals surface area contributed by atoms with E-state index in [0.29, 0.717) is 17.2 Å². The summed E-state index contributed by atoms with van der Waals surface area (Å²) >= 11 is 5.86. The number of ether oxygens (including phenoxy) is 1. The first kappa shape index (κ1) is 16.2. The van der Waals surface area contributed by atoms with Crippen LogP contribution >= 0.6 is 11.6 Å². The van der Waals surface area contributed by atoms with Crippen LogP contribution in [0.25, 0.3) is 0 Å². The molecule has 0 fully saturated rings. The molecule has 2 aromatic carbocycles. The van der Waals surface area contributed by atoms with Crippen LogP contribution < -0.4 is 10.1 Å². The van der Waals surface area contributed by atoms with E-state index in [9.17, 15) is 13.6 Å². The average molecular weight is 326 g/mol. The van der Waals surface area contributed by atoms with Crippen LogP contribution in [0.5, 0.6) is 5.75 Å². The molecule has 0 spiro atoms. The second kappa shape index (κ2) is 7.22. The van der Waals surface area contributed by atoms with Gasteiger partial charge in [0.25, 0.3) is 5.91 Å². The highest BCUT2D eigenvalue weighted by molar-refractivity contribution is 6.30. The molecule has 2 rings (SSSR count). The fourth-order valence-electron chi connectivity index (χ4n) is 1.82. The van der Waals surface area contributed by atoms with E-state index in [4.69, 9.17) is 16.3 Å². The summed E-state index contributed by atoms with van der Waals surface area (Å²) in [6, 6.07) is 9.81. The maximum Gasteiger partial charge on any atom is 0.265 e. The number of anilines is 1. The van der Waals surface area contributed by atoms with Crippen LogP contribution in [-0.2, 0) is 4.79 Å². The average Bonchev–Trinajstić information content (AvgIpc) is 2.48. The molecule has 116 valence electrons. The van der Waals surface area contributed by atoms with Gasteiger partial charge >= 0.3 is 0 Å². The van der Waals surface area contributed by atoms with Crippen LogP contribution in [0.3, 0.4) is 0 Å². The highest BCUT2D eigenvalue weighted by atomic mass is 35.5. The second-order valence-corrected chi connectivity index (χ2v) is 5.03. The van der Waals surface area contributed by atoms with Gasteiger partial charge in [0, 0.05) is 16.8 Å². The van der Waals surface area contributed by atoms with Crippen molar-refractivity contribution in [2.24, 2.45) is 0 Å². The third-order valence-corrected chi connectivity index (χ3v) is 3.16. The lowest BCUT2D eigenvalue weighted by atomic mass is 10.2. The number of nitrogens with one attached hydrogen (secondary N) is 1. The van der Waals surface area contributed by atoms with E-state index in [2.05, 4.69) is 5.32 Å². The minimum atomic E-state index is -1.03. The van der Waals surface area contributed by atoms with E-state index in [0.717, 1.165) is 12.1 Å². The fourth-order valence-corrected chi connectivity index (χ4v) is 2.00. The summed E-state index contributed by atoms with van der Waals surface area (Å²) in [5, 5.41) is 2.99. The van der Waals surface area contributed by atoms with Gasteiger partial charge in [-0.25, -0.2) is 8.78 Å². The summed E-state index contributed by atoms with van der Waals surface area (Å²) in [5.74, 6) is -1.99. The van der Waals surface area contributed by atoms with Crippen molar-refractivity contribution in [2.45, 2.75) is 19.4 Å². The summed E-state index contributed by atoms with van der Waals surface area (Å²) in [7, 11) is 0. The van der Waals surface area contributed by atoms with E-state index >= 15 is 0 Å². The number of benzene rings is 2. The minimum absolute atomic E-state index is 0.164. The maximum absolute atomic E-state index is 13.1. The van der Waals surface area contributed by atoms with Gasteiger partial charge < -0.3 is 10.1 Å². The predicted octanol–water partition coefficient (Wildman–Crippen LogP) is 4.41. The molecule has 0 aliphatic rings. The van der Waals surface area contributed by atoms with Crippen molar-refractivity contribution < 1.29 is 18.3 Å². The molecule has 1 N–H and O–H groups in total. The predicted molar refractivity (Wildman–Crippen MR) is 81.1 cm³/mol. The molecule has 2 aromatic rings. The Bertz CT molecular complexity index is 679. The lowest BCUT2D eigenvalue weighted by Crippen LogP contribution is -2.32. The van der Waals surface area contributed by atoms with Crippen molar-refractivity contribution in [1.82, 2.24) is 0 Å². The van der Waals surface area contributed by atoms with Gasteiger partial charge in [-0.1, -0.05) is 24.6 Å². The molecule has 3 nitrogen and oxygen atoms in total. The molecule has 1 amide bonds. The molecule has 0 saturated heterocycles. The van der Waals surface area contributed by atoms with E-state index in [-0.39, 0.29) is 5.69 Å². The maximum atomic E-state index is 13.1. The van der Waals surface area contributed by atoms with Gasteiger partial charge in [0.15, 0.2) is 17.7 Å². The minimum Gasteiger partial charge on any atom is -0.481 e. The smallest absolute Gasteiger partial charge is 0.265 e. The first-order chi connectivity index (χ1) is 10.5. The van der Waals surface area contributed by atoms with Crippen molar-refractivity contribution >= 4 is 23.2 Å². The van der Waals surface area contributed by atoms with Crippen LogP contribution in [0.4, 0.5) is 14.5 Å². The third-order valence-electron chi connectivity index (χ3n) is 2.92. The number of halogens is 3. The van der Waals surface area contributed by atoms with Crippen LogP contribution in [0.15, 0.2) is 42.5 Å². The number of hydrogen-bond acceptors (Lipinski definition) is 2. The molecule has 22 heavy (non-hydrogen) atoms. The molecular formula is C16H14ClF2NO2. The molecular weight excluding hydrogens is 312 g/mol. The zero-order chi connectivity index (χ0) is 16.1. The summed E-state index contributed by atoms with van der Waals surface area (Å²) in [6.45, 7) is 1.78. The van der Waals surface area contributed by atoms with Gasteiger partial charge in [-0.3, -0.25) is 4.79 Å². The number of hydrogen-bond donors (Lipinski definition) is 1. The number of amides is 1. The van der Waals surface area contributed by atoms with E-state index in [1.165, 1.54) is 6.07 Å². The van der Waals surface area contributed by atoms with Gasteiger partial charge in [-0.15, -0.1) is 0 Å². The van der Waals surface area contributed by atoms with Crippen molar-refractivity contribution in [2.75, 3.05) is 5.32 Å². The van der Waals surface area contributed by atoms with Gasteiger partial charge in [-0.2, -0.15) is 0 Å². The molecule has 1 atom stereocenters. The van der Waals surface area contributed by atoms with Crippen molar-refractivity contribution in [3.8, 4) is 5.75 Å². The first-order valence-corrected chi connectivity index (χ1v) is 7.05. The summed E-state index contributed by atoms with van der Waals surface area (Å²) in [6.07, 6.45) is -0.367. The van der Waals surface area contributed by atoms with Crippen LogP contribution in [-0.4, -0.2) is 12.0 Å². The van der Waals surface area contributed by atoms with Gasteiger partial charge in [0.05, 0.1) is 0 Å². The normalized spacial score (nSPS) is 11.8. The Morgan fingerprint density at radius 3 is 2.64 bits per heavy atom.